The third-order valence-electron chi connectivity index (χ3n) is 9.37. The van der Waals surface area contributed by atoms with Crippen molar-refractivity contribution in [3.05, 3.63) is 65.0 Å². The first-order chi connectivity index (χ1) is 21.5. The molecule has 5 rings (SSSR count). The van der Waals surface area contributed by atoms with Gasteiger partial charge in [-0.05, 0) is 67.5 Å². The molecule has 19 heteroatoms. The van der Waals surface area contributed by atoms with E-state index in [1.54, 1.807) is 0 Å². The molecule has 3 aliphatic rings. The quantitative estimate of drug-likeness (QED) is 0.342. The van der Waals surface area contributed by atoms with Gasteiger partial charge in [-0.25, -0.2) is 35.2 Å². The number of carbonyl (C=O) groups excluding carboxylic acids is 1. The summed E-state index contributed by atoms with van der Waals surface area (Å²) in [5.41, 5.74) is -10.3. The largest absolute Gasteiger partial charge is 0.480 e. The van der Waals surface area contributed by atoms with Gasteiger partial charge in [0, 0.05) is 12.1 Å². The van der Waals surface area contributed by atoms with Gasteiger partial charge in [0.1, 0.15) is 16.1 Å². The minimum atomic E-state index is -6.44. The molecule has 47 heavy (non-hydrogen) atoms. The predicted molar refractivity (Wildman–Crippen MR) is 147 cm³/mol. The van der Waals surface area contributed by atoms with Crippen molar-refractivity contribution >= 4 is 31.7 Å². The van der Waals surface area contributed by atoms with E-state index in [9.17, 15) is 66.7 Å². The van der Waals surface area contributed by atoms with E-state index in [1.807, 2.05) is 0 Å². The molecule has 0 bridgehead atoms. The van der Waals surface area contributed by atoms with Gasteiger partial charge in [0.05, 0.1) is 22.4 Å². The van der Waals surface area contributed by atoms with E-state index < -0.39 is 126 Å². The molecule has 1 aliphatic carbocycles. The Bertz CT molecular complexity index is 1800. The summed E-state index contributed by atoms with van der Waals surface area (Å²) in [6.07, 6.45) is -15.1. The lowest BCUT2D eigenvalue weighted by molar-refractivity contribution is -0.348. The minimum absolute atomic E-state index is 0.189. The fourth-order valence-corrected chi connectivity index (χ4v) is 10.7. The van der Waals surface area contributed by atoms with Crippen molar-refractivity contribution in [3.63, 3.8) is 0 Å². The molecule has 2 aromatic rings. The van der Waals surface area contributed by atoms with Crippen molar-refractivity contribution in [1.82, 2.24) is 10.2 Å². The van der Waals surface area contributed by atoms with Crippen LogP contribution in [0.4, 0.5) is 39.9 Å². The highest BCUT2D eigenvalue weighted by Gasteiger charge is 2.74. The second-order valence-electron chi connectivity index (χ2n) is 11.8. The van der Waals surface area contributed by atoms with Crippen LogP contribution in [0, 0.1) is 5.82 Å². The third kappa shape index (κ3) is 5.32. The maximum Gasteiger partial charge on any atom is 0.435 e. The van der Waals surface area contributed by atoms with Gasteiger partial charge < -0.3 is 15.3 Å². The molecule has 2 N–H and O–H groups in total. The molecule has 258 valence electrons. The summed E-state index contributed by atoms with van der Waals surface area (Å²) < 4.78 is 161. The Morgan fingerprint density at radius 2 is 1.49 bits per heavy atom. The number of hydrogen-bond donors (Lipinski definition) is 2. The van der Waals surface area contributed by atoms with Crippen LogP contribution in [0.15, 0.2) is 47.4 Å². The first kappa shape index (κ1) is 34.8. The van der Waals surface area contributed by atoms with E-state index in [2.05, 4.69) is 5.32 Å². The van der Waals surface area contributed by atoms with Crippen molar-refractivity contribution < 1.29 is 66.7 Å². The van der Waals surface area contributed by atoms with Crippen molar-refractivity contribution in [3.8, 4) is 0 Å². The molecule has 2 atom stereocenters. The molecular formula is C28H26F8N2O7S2. The fourth-order valence-electron chi connectivity index (χ4n) is 6.85. The van der Waals surface area contributed by atoms with Crippen LogP contribution in [0.3, 0.4) is 0 Å². The van der Waals surface area contributed by atoms with Crippen LogP contribution >= 0.6 is 0 Å². The lowest BCUT2D eigenvalue weighted by Crippen LogP contribution is -2.62. The summed E-state index contributed by atoms with van der Waals surface area (Å²) in [5, 5.41) is 12.3. The third-order valence-corrected chi connectivity index (χ3v) is 13.6. The highest BCUT2D eigenvalue weighted by Crippen LogP contribution is 2.56. The Labute approximate surface area is 262 Å². The standard InChI is InChI=1S/C28H26F8N2O7S2/c29-18-3-5-19(6-4-18)47(44,45)25-9-12-38(23(41)37-24(22(39)40)10-13-46(42,43)14-11-24)21(25)8-1-16-15-17(2-7-20(16)25)26(30,27(31,32)33)28(34,35)36/h2-7,15,21H,1,8-14H2,(H,37,41)(H,39,40)/t21-,25-/m1/s1. The molecule has 2 saturated heterocycles. The van der Waals surface area contributed by atoms with Gasteiger partial charge in [0.2, 0.25) is 0 Å². The summed E-state index contributed by atoms with van der Waals surface area (Å²) in [7, 11) is -8.36. The molecule has 2 heterocycles. The maximum atomic E-state index is 15.0. The topological polar surface area (TPSA) is 138 Å². The Morgan fingerprint density at radius 1 is 0.915 bits per heavy atom. The number of carbonyl (C=O) groups is 2. The number of rotatable bonds is 5. The number of urea groups is 1. The monoisotopic (exact) mass is 718 g/mol. The van der Waals surface area contributed by atoms with E-state index in [1.165, 1.54) is 0 Å². The summed E-state index contributed by atoms with van der Waals surface area (Å²) in [4.78, 5) is 26.4. The Morgan fingerprint density at radius 3 is 2.02 bits per heavy atom. The second-order valence-corrected chi connectivity index (χ2v) is 16.4. The molecule has 0 unspecified atom stereocenters. The average molecular weight is 719 g/mol. The molecule has 2 aromatic carbocycles. The number of nitrogens with one attached hydrogen (secondary N) is 1. The number of alkyl halides is 7. The number of sulfone groups is 2. The fraction of sp³-hybridized carbons (Fsp3) is 0.500. The van der Waals surface area contributed by atoms with Gasteiger partial charge in [-0.1, -0.05) is 18.2 Å². The highest BCUT2D eigenvalue weighted by atomic mass is 32.2. The molecule has 2 fully saturated rings. The van der Waals surface area contributed by atoms with E-state index in [-0.39, 0.29) is 23.6 Å². The zero-order valence-electron chi connectivity index (χ0n) is 24.0. The van der Waals surface area contributed by atoms with Crippen molar-refractivity contribution in [2.45, 2.75) is 71.3 Å². The SMILES string of the molecule is O=C(NC1(C(=O)O)CCS(=O)(=O)CC1)N1CC[C@@]2(S(=O)(=O)c3ccc(F)cc3)c3ccc(C(F)(C(F)(F)F)C(F)(F)F)cc3CC[C@@H]12. The lowest BCUT2D eigenvalue weighted by atomic mass is 9.77. The van der Waals surface area contributed by atoms with Gasteiger partial charge in [-0.15, -0.1) is 0 Å². The van der Waals surface area contributed by atoms with Crippen molar-refractivity contribution in [2.75, 3.05) is 18.1 Å². The number of aliphatic carboxylic acids is 1. The number of carboxylic acids is 1. The van der Waals surface area contributed by atoms with E-state index in [0.29, 0.717) is 12.1 Å². The summed E-state index contributed by atoms with van der Waals surface area (Å²) in [5.74, 6) is -3.50. The normalized spacial score (nSPS) is 24.3. The van der Waals surface area contributed by atoms with Crippen LogP contribution in [-0.4, -0.2) is 80.8 Å². The number of carboxylic acid groups (broad SMARTS) is 1. The van der Waals surface area contributed by atoms with Crippen LogP contribution in [0.5, 0.6) is 0 Å². The Kier molecular flexibility index (Phi) is 8.18. The number of nitrogens with zero attached hydrogens (tertiary/aromatic N) is 1. The Balaban J connectivity index is 1.63. The number of likely N-dealkylation sites (tertiary alicyclic amines) is 1. The molecule has 2 aliphatic heterocycles. The molecule has 0 spiro atoms. The first-order valence-electron chi connectivity index (χ1n) is 14.0. The number of fused-ring (bicyclic) bond motifs is 3. The number of hydrogen-bond acceptors (Lipinski definition) is 6. The van der Waals surface area contributed by atoms with E-state index in [4.69, 9.17) is 0 Å². The molecular weight excluding hydrogens is 692 g/mol. The second kappa shape index (κ2) is 11.0. The van der Waals surface area contributed by atoms with Crippen molar-refractivity contribution in [2.24, 2.45) is 0 Å². The summed E-state index contributed by atoms with van der Waals surface area (Å²) in [6.45, 7) is -0.399. The molecule has 0 aromatic heterocycles. The van der Waals surface area contributed by atoms with E-state index >= 15 is 0 Å². The van der Waals surface area contributed by atoms with Crippen LogP contribution in [-0.2, 0) is 41.3 Å². The molecule has 2 amide bonds. The lowest BCUT2D eigenvalue weighted by Gasteiger charge is -2.44. The van der Waals surface area contributed by atoms with Crippen LogP contribution in [0.2, 0.25) is 0 Å². The van der Waals surface area contributed by atoms with Gasteiger partial charge >= 0.3 is 30.0 Å². The number of halogens is 8. The van der Waals surface area contributed by atoms with Gasteiger partial charge in [-0.3, -0.25) is 0 Å². The zero-order valence-corrected chi connectivity index (χ0v) is 25.6. The highest BCUT2D eigenvalue weighted by molar-refractivity contribution is 7.92. The van der Waals surface area contributed by atoms with Gasteiger partial charge in [-0.2, -0.15) is 26.3 Å². The van der Waals surface area contributed by atoms with Crippen LogP contribution < -0.4 is 5.32 Å². The Hall–Kier alpha value is -3.48. The van der Waals surface area contributed by atoms with Gasteiger partial charge in [0.15, 0.2) is 19.7 Å². The first-order valence-corrected chi connectivity index (χ1v) is 17.3. The van der Waals surface area contributed by atoms with Crippen LogP contribution in [0.1, 0.15) is 42.4 Å². The van der Waals surface area contributed by atoms with E-state index in [0.717, 1.165) is 29.2 Å². The summed E-state index contributed by atoms with van der Waals surface area (Å²) >= 11 is 0. The summed E-state index contributed by atoms with van der Waals surface area (Å²) in [6, 6.07) is 2.07. The number of aryl methyl sites for hydroxylation is 1. The van der Waals surface area contributed by atoms with Gasteiger partial charge in [0.25, 0.3) is 0 Å². The smallest absolute Gasteiger partial charge is 0.435 e. The number of benzene rings is 2. The predicted octanol–water partition coefficient (Wildman–Crippen LogP) is 4.55. The molecule has 0 saturated carbocycles. The van der Waals surface area contributed by atoms with Crippen molar-refractivity contribution in [1.29, 1.82) is 0 Å². The van der Waals surface area contributed by atoms with Crippen LogP contribution in [0.25, 0.3) is 0 Å². The zero-order chi connectivity index (χ0) is 35.0. The average Bonchev–Trinajstić information content (AvgIpc) is 3.38. The molecule has 0 radical (unpaired) electrons. The molecule has 9 nitrogen and oxygen atoms in total. The minimum Gasteiger partial charge on any atom is -0.480 e. The maximum absolute atomic E-state index is 15.0. The number of amides is 2.